The molecule has 3 aromatic rings. The van der Waals surface area contributed by atoms with Gasteiger partial charge in [-0.3, -0.25) is 14.7 Å². The minimum Gasteiger partial charge on any atom is -0.338 e. The van der Waals surface area contributed by atoms with Crippen LogP contribution in [0.25, 0.3) is 5.65 Å². The van der Waals surface area contributed by atoms with Crippen molar-refractivity contribution in [2.24, 2.45) is 0 Å². The maximum Gasteiger partial charge on any atom is 0.272 e. The summed E-state index contributed by atoms with van der Waals surface area (Å²) < 4.78 is 15.4. The second kappa shape index (κ2) is 6.40. The Morgan fingerprint density at radius 2 is 2.12 bits per heavy atom. The molecule has 0 aliphatic carbocycles. The Bertz CT molecular complexity index is 1040. The predicted molar refractivity (Wildman–Crippen MR) is 94.8 cm³/mol. The molecule has 26 heavy (non-hydrogen) atoms. The summed E-state index contributed by atoms with van der Waals surface area (Å²) in [5.41, 5.74) is 2.04. The minimum atomic E-state index is -0.503. The molecular weight excluding hydrogens is 335 g/mol. The maximum absolute atomic E-state index is 13.9. The van der Waals surface area contributed by atoms with Gasteiger partial charge in [0, 0.05) is 42.5 Å². The lowest BCUT2D eigenvalue weighted by Crippen LogP contribution is -2.39. The van der Waals surface area contributed by atoms with Crippen molar-refractivity contribution in [2.45, 2.75) is 25.7 Å². The van der Waals surface area contributed by atoms with E-state index in [2.05, 4.69) is 10.1 Å². The number of nitrogens with one attached hydrogen (secondary N) is 1. The molecule has 1 aliphatic rings. The Morgan fingerprint density at radius 3 is 2.92 bits per heavy atom. The molecule has 7 heteroatoms. The molecule has 4 rings (SSSR count). The largest absolute Gasteiger partial charge is 0.338 e. The van der Waals surface area contributed by atoms with Crippen molar-refractivity contribution in [3.8, 4) is 0 Å². The van der Waals surface area contributed by atoms with Gasteiger partial charge in [-0.2, -0.15) is 0 Å². The quantitative estimate of drug-likeness (QED) is 0.769. The van der Waals surface area contributed by atoms with Crippen LogP contribution in [0.5, 0.6) is 0 Å². The maximum atomic E-state index is 13.9. The van der Waals surface area contributed by atoms with Crippen molar-refractivity contribution in [3.63, 3.8) is 0 Å². The third-order valence-corrected chi connectivity index (χ3v) is 4.85. The van der Waals surface area contributed by atoms with Crippen molar-refractivity contribution in [3.05, 3.63) is 69.5 Å². The van der Waals surface area contributed by atoms with E-state index in [1.165, 1.54) is 22.7 Å². The van der Waals surface area contributed by atoms with E-state index in [-0.39, 0.29) is 22.9 Å². The normalized spacial score (nSPS) is 17.6. The van der Waals surface area contributed by atoms with Crippen LogP contribution in [0.3, 0.4) is 0 Å². The van der Waals surface area contributed by atoms with Crippen LogP contribution >= 0.6 is 0 Å². The number of rotatable bonds is 2. The summed E-state index contributed by atoms with van der Waals surface area (Å²) in [5.74, 6) is -0.743. The molecule has 1 N–H and O–H groups in total. The fourth-order valence-electron chi connectivity index (χ4n) is 3.56. The smallest absolute Gasteiger partial charge is 0.272 e. The monoisotopic (exact) mass is 354 g/mol. The van der Waals surface area contributed by atoms with Gasteiger partial charge in [0.2, 0.25) is 0 Å². The summed E-state index contributed by atoms with van der Waals surface area (Å²) in [4.78, 5) is 30.8. The molecule has 1 fully saturated rings. The van der Waals surface area contributed by atoms with Gasteiger partial charge in [0.05, 0.1) is 5.56 Å². The highest BCUT2D eigenvalue weighted by Gasteiger charge is 2.28. The van der Waals surface area contributed by atoms with Crippen LogP contribution in [-0.4, -0.2) is 38.5 Å². The van der Waals surface area contributed by atoms with E-state index in [1.807, 2.05) is 6.07 Å². The fraction of sp³-hybridized carbons (Fsp3) is 0.316. The Labute approximate surface area is 149 Å². The van der Waals surface area contributed by atoms with E-state index in [0.717, 1.165) is 18.5 Å². The highest BCUT2D eigenvalue weighted by molar-refractivity contribution is 5.94. The zero-order chi connectivity index (χ0) is 18.3. The second-order valence-corrected chi connectivity index (χ2v) is 6.71. The van der Waals surface area contributed by atoms with Gasteiger partial charge in [-0.15, -0.1) is 0 Å². The summed E-state index contributed by atoms with van der Waals surface area (Å²) in [6.45, 7) is 2.86. The fourth-order valence-corrected chi connectivity index (χ4v) is 3.56. The third-order valence-electron chi connectivity index (χ3n) is 4.85. The zero-order valence-electron chi connectivity index (χ0n) is 14.4. The van der Waals surface area contributed by atoms with Crippen molar-refractivity contribution in [1.82, 2.24) is 19.5 Å². The van der Waals surface area contributed by atoms with E-state index in [1.54, 1.807) is 24.0 Å². The number of nitrogens with zero attached hydrogens (tertiary/aromatic N) is 3. The average molecular weight is 354 g/mol. The number of fused-ring (bicyclic) bond motifs is 1. The molecule has 0 spiro atoms. The number of aromatic nitrogens is 3. The number of halogens is 1. The first kappa shape index (κ1) is 16.5. The minimum absolute atomic E-state index is 0.0564. The number of likely N-dealkylation sites (tertiary alicyclic amines) is 1. The van der Waals surface area contributed by atoms with Crippen LogP contribution in [0, 0.1) is 12.7 Å². The lowest BCUT2D eigenvalue weighted by atomic mass is 9.94. The van der Waals surface area contributed by atoms with Gasteiger partial charge < -0.3 is 4.90 Å². The number of piperidine rings is 1. The number of benzene rings is 1. The Balaban J connectivity index is 1.61. The first-order valence-electron chi connectivity index (χ1n) is 8.66. The first-order valence-corrected chi connectivity index (χ1v) is 8.66. The number of carbonyl (C=O) groups is 1. The van der Waals surface area contributed by atoms with Gasteiger partial charge >= 0.3 is 0 Å². The van der Waals surface area contributed by atoms with E-state index in [9.17, 15) is 14.0 Å². The number of hydrogen-bond donors (Lipinski definition) is 1. The number of amides is 1. The Kier molecular flexibility index (Phi) is 4.06. The number of H-pyrrole nitrogens is 1. The summed E-state index contributed by atoms with van der Waals surface area (Å²) >= 11 is 0. The molecule has 0 bridgehead atoms. The van der Waals surface area contributed by atoms with Gasteiger partial charge in [-0.05, 0) is 31.9 Å². The molecule has 134 valence electrons. The van der Waals surface area contributed by atoms with Crippen molar-refractivity contribution in [2.75, 3.05) is 13.1 Å². The summed E-state index contributed by atoms with van der Waals surface area (Å²) in [7, 11) is 0. The van der Waals surface area contributed by atoms with Crippen molar-refractivity contribution < 1.29 is 9.18 Å². The van der Waals surface area contributed by atoms with Gasteiger partial charge in [-0.1, -0.05) is 12.1 Å². The molecule has 0 unspecified atom stereocenters. The molecule has 1 saturated heterocycles. The first-order chi connectivity index (χ1) is 12.5. The van der Waals surface area contributed by atoms with E-state index < -0.39 is 5.82 Å². The van der Waals surface area contributed by atoms with Gasteiger partial charge in [0.15, 0.2) is 5.65 Å². The number of carbonyl (C=O) groups excluding carboxylic acids is 1. The van der Waals surface area contributed by atoms with Gasteiger partial charge in [0.1, 0.15) is 5.82 Å². The molecule has 0 saturated carbocycles. The summed E-state index contributed by atoms with van der Waals surface area (Å²) in [5, 5.41) is 3.10. The van der Waals surface area contributed by atoms with Crippen LogP contribution in [0.1, 0.15) is 40.5 Å². The van der Waals surface area contributed by atoms with Gasteiger partial charge in [0.25, 0.3) is 11.5 Å². The van der Waals surface area contributed by atoms with E-state index in [0.29, 0.717) is 24.4 Å². The average Bonchev–Trinajstić information content (AvgIpc) is 3.06. The molecule has 1 amide bonds. The number of aryl methyl sites for hydroxylation is 1. The molecule has 1 atom stereocenters. The van der Waals surface area contributed by atoms with Crippen LogP contribution < -0.4 is 5.56 Å². The standard InChI is InChI=1S/C19H19FN4O2/c1-12-9-18(25)24-17(21-12)10-16(22-24)13-5-4-8-23(11-13)19(26)14-6-2-3-7-15(14)20/h2-3,6-7,9-10,13,22H,4-5,8,11H2,1H3/t13-/m1/s1. The lowest BCUT2D eigenvalue weighted by Gasteiger charge is -2.32. The van der Waals surface area contributed by atoms with Crippen LogP contribution in [0.2, 0.25) is 0 Å². The van der Waals surface area contributed by atoms with E-state index >= 15 is 0 Å². The van der Waals surface area contributed by atoms with Crippen molar-refractivity contribution >= 4 is 11.6 Å². The highest BCUT2D eigenvalue weighted by atomic mass is 19.1. The van der Waals surface area contributed by atoms with E-state index in [4.69, 9.17) is 0 Å². The molecule has 1 aliphatic heterocycles. The predicted octanol–water partition coefficient (Wildman–Crippen LogP) is 2.49. The Morgan fingerprint density at radius 1 is 1.31 bits per heavy atom. The van der Waals surface area contributed by atoms with Crippen LogP contribution in [0.4, 0.5) is 4.39 Å². The topological polar surface area (TPSA) is 70.5 Å². The zero-order valence-corrected chi connectivity index (χ0v) is 14.4. The molecule has 3 heterocycles. The van der Waals surface area contributed by atoms with Crippen molar-refractivity contribution in [1.29, 1.82) is 0 Å². The summed E-state index contributed by atoms with van der Waals surface area (Å²) in [6.07, 6.45) is 1.71. The van der Waals surface area contributed by atoms with Crippen LogP contribution in [0.15, 0.2) is 41.2 Å². The lowest BCUT2D eigenvalue weighted by molar-refractivity contribution is 0.0701. The molecular formula is C19H19FN4O2. The Hall–Kier alpha value is -2.96. The molecule has 6 nitrogen and oxygen atoms in total. The number of hydrogen-bond acceptors (Lipinski definition) is 3. The molecule has 0 radical (unpaired) electrons. The van der Waals surface area contributed by atoms with Gasteiger partial charge in [-0.25, -0.2) is 13.9 Å². The van der Waals surface area contributed by atoms with Crippen LogP contribution in [-0.2, 0) is 0 Å². The second-order valence-electron chi connectivity index (χ2n) is 6.71. The molecule has 1 aromatic carbocycles. The summed E-state index contributed by atoms with van der Waals surface area (Å²) in [6, 6.07) is 9.37. The SMILES string of the molecule is Cc1cc(=O)n2[nH]c([C@@H]3CCCN(C(=O)c4ccccc4F)C3)cc2n1. The number of aromatic amines is 1. The molecule has 2 aromatic heterocycles. The highest BCUT2D eigenvalue weighted by Crippen LogP contribution is 2.27. The third kappa shape index (κ3) is 2.89.